The van der Waals surface area contributed by atoms with Gasteiger partial charge in [0.25, 0.3) is 11.8 Å². The lowest BCUT2D eigenvalue weighted by atomic mass is 10.2. The number of halogens is 2. The highest BCUT2D eigenvalue weighted by Gasteiger charge is 2.27. The Bertz CT molecular complexity index is 669. The Kier molecular flexibility index (Phi) is 8.37. The van der Waals surface area contributed by atoms with Gasteiger partial charge in [0.15, 0.2) is 6.10 Å². The first-order chi connectivity index (χ1) is 12.0. The Morgan fingerprint density at radius 3 is 2.15 bits per heavy atom. The van der Waals surface area contributed by atoms with E-state index >= 15 is 0 Å². The van der Waals surface area contributed by atoms with E-state index in [1.807, 2.05) is 27.7 Å². The number of carbonyl (C=O) groups is 3. The molecule has 0 radical (unpaired) electrons. The Labute approximate surface area is 163 Å². The van der Waals surface area contributed by atoms with E-state index in [1.54, 1.807) is 4.90 Å². The lowest BCUT2D eigenvalue weighted by Gasteiger charge is -2.32. The minimum atomic E-state index is -0.941. The Morgan fingerprint density at radius 2 is 1.65 bits per heavy atom. The van der Waals surface area contributed by atoms with E-state index in [2.05, 4.69) is 5.32 Å². The van der Waals surface area contributed by atoms with E-state index in [-0.39, 0.29) is 35.1 Å². The number of hydrogen-bond donors (Lipinski definition) is 1. The quantitative estimate of drug-likeness (QED) is 0.709. The molecule has 2 amide bonds. The molecule has 0 bridgehead atoms. The monoisotopic (exact) mass is 402 g/mol. The number of benzene rings is 1. The van der Waals surface area contributed by atoms with E-state index < -0.39 is 18.0 Å². The molecule has 8 heteroatoms. The average Bonchev–Trinajstić information content (AvgIpc) is 2.51. The molecule has 0 fully saturated rings. The van der Waals surface area contributed by atoms with Crippen LogP contribution in [-0.4, -0.2) is 47.4 Å². The third-order valence-corrected chi connectivity index (χ3v) is 4.14. The van der Waals surface area contributed by atoms with Crippen LogP contribution in [0.4, 0.5) is 0 Å². The van der Waals surface area contributed by atoms with Crippen LogP contribution in [0.5, 0.6) is 0 Å². The van der Waals surface area contributed by atoms with Gasteiger partial charge >= 0.3 is 5.97 Å². The Balaban J connectivity index is 2.60. The predicted molar refractivity (Wildman–Crippen MR) is 101 cm³/mol. The van der Waals surface area contributed by atoms with Gasteiger partial charge < -0.3 is 15.0 Å². The minimum Gasteiger partial charge on any atom is -0.451 e. The number of rotatable bonds is 7. The summed E-state index contributed by atoms with van der Waals surface area (Å²) in [5.74, 6) is -1.53. The summed E-state index contributed by atoms with van der Waals surface area (Å²) in [6, 6.07) is 4.38. The molecule has 26 heavy (non-hydrogen) atoms. The summed E-state index contributed by atoms with van der Waals surface area (Å²) in [4.78, 5) is 38.1. The van der Waals surface area contributed by atoms with E-state index in [0.717, 1.165) is 0 Å². The molecule has 6 nitrogen and oxygen atoms in total. The maximum Gasteiger partial charge on any atom is 0.326 e. The van der Waals surface area contributed by atoms with E-state index in [9.17, 15) is 14.4 Å². The summed E-state index contributed by atoms with van der Waals surface area (Å²) in [7, 11) is 0. The van der Waals surface area contributed by atoms with Crippen molar-refractivity contribution in [2.45, 2.75) is 52.8 Å². The van der Waals surface area contributed by atoms with Crippen molar-refractivity contribution in [3.63, 3.8) is 0 Å². The molecule has 0 aromatic heterocycles. The van der Waals surface area contributed by atoms with Gasteiger partial charge in [0.1, 0.15) is 6.54 Å². The van der Waals surface area contributed by atoms with Gasteiger partial charge in [-0.3, -0.25) is 14.4 Å². The lowest BCUT2D eigenvalue weighted by molar-refractivity contribution is -0.160. The molecule has 1 rings (SSSR count). The van der Waals surface area contributed by atoms with Crippen LogP contribution in [0.3, 0.4) is 0 Å². The molecule has 0 saturated carbocycles. The number of esters is 1. The highest BCUT2D eigenvalue weighted by molar-refractivity contribution is 6.36. The van der Waals surface area contributed by atoms with Crippen molar-refractivity contribution in [1.82, 2.24) is 10.2 Å². The molecule has 1 aromatic rings. The Morgan fingerprint density at radius 1 is 1.08 bits per heavy atom. The summed E-state index contributed by atoms with van der Waals surface area (Å²) in [6.07, 6.45) is -0.941. The second kappa shape index (κ2) is 9.78. The van der Waals surface area contributed by atoms with Gasteiger partial charge in [-0.15, -0.1) is 0 Å². The molecule has 1 N–H and O–H groups in total. The number of amides is 2. The fraction of sp³-hybridized carbons (Fsp3) is 0.500. The second-order valence-electron chi connectivity index (χ2n) is 6.37. The van der Waals surface area contributed by atoms with Gasteiger partial charge in [0, 0.05) is 17.1 Å². The lowest BCUT2D eigenvalue weighted by Crippen LogP contribution is -2.48. The van der Waals surface area contributed by atoms with Crippen molar-refractivity contribution in [2.75, 3.05) is 6.54 Å². The van der Waals surface area contributed by atoms with E-state index in [4.69, 9.17) is 27.9 Å². The van der Waals surface area contributed by atoms with Crippen LogP contribution in [0.25, 0.3) is 0 Å². The van der Waals surface area contributed by atoms with Crippen LogP contribution in [0.2, 0.25) is 10.0 Å². The number of ether oxygens (including phenoxy) is 1. The topological polar surface area (TPSA) is 75.7 Å². The first-order valence-electron chi connectivity index (χ1n) is 8.29. The van der Waals surface area contributed by atoms with Gasteiger partial charge in [-0.2, -0.15) is 0 Å². The first-order valence-corrected chi connectivity index (χ1v) is 9.05. The normalized spacial score (nSPS) is 12.0. The molecule has 1 aromatic carbocycles. The SMILES string of the molecule is CC(OC(=O)CNC(=O)c1ccc(Cl)cc1Cl)C(=O)N(C(C)C)C(C)C. The summed E-state index contributed by atoms with van der Waals surface area (Å²) in [5.41, 5.74) is 0.193. The molecule has 1 unspecified atom stereocenters. The van der Waals surface area contributed by atoms with Crippen LogP contribution in [0, 0.1) is 0 Å². The molecule has 0 aliphatic rings. The van der Waals surface area contributed by atoms with Crippen molar-refractivity contribution < 1.29 is 19.1 Å². The van der Waals surface area contributed by atoms with Crippen molar-refractivity contribution in [1.29, 1.82) is 0 Å². The number of hydrogen-bond acceptors (Lipinski definition) is 4. The minimum absolute atomic E-state index is 0.0181. The van der Waals surface area contributed by atoms with Crippen molar-refractivity contribution >= 4 is 41.0 Å². The van der Waals surface area contributed by atoms with Gasteiger partial charge in [-0.25, -0.2) is 0 Å². The smallest absolute Gasteiger partial charge is 0.326 e. The summed E-state index contributed by atoms with van der Waals surface area (Å²) in [5, 5.41) is 2.99. The zero-order valence-electron chi connectivity index (χ0n) is 15.5. The van der Waals surface area contributed by atoms with Crippen LogP contribution >= 0.6 is 23.2 Å². The molecular weight excluding hydrogens is 379 g/mol. The summed E-state index contributed by atoms with van der Waals surface area (Å²) >= 11 is 11.7. The molecule has 0 heterocycles. The van der Waals surface area contributed by atoms with Crippen LogP contribution in [0.1, 0.15) is 45.0 Å². The van der Waals surface area contributed by atoms with E-state index in [0.29, 0.717) is 5.02 Å². The van der Waals surface area contributed by atoms with E-state index in [1.165, 1.54) is 25.1 Å². The fourth-order valence-electron chi connectivity index (χ4n) is 2.53. The van der Waals surface area contributed by atoms with Crippen molar-refractivity contribution in [3.8, 4) is 0 Å². The third kappa shape index (κ3) is 6.18. The molecule has 0 aliphatic heterocycles. The zero-order valence-corrected chi connectivity index (χ0v) is 17.0. The Hall–Kier alpha value is -1.79. The maximum absolute atomic E-state index is 12.4. The highest BCUT2D eigenvalue weighted by atomic mass is 35.5. The zero-order chi connectivity index (χ0) is 20.0. The van der Waals surface area contributed by atoms with Crippen LogP contribution in [-0.2, 0) is 14.3 Å². The number of nitrogens with one attached hydrogen (secondary N) is 1. The van der Waals surface area contributed by atoms with Crippen molar-refractivity contribution in [3.05, 3.63) is 33.8 Å². The second-order valence-corrected chi connectivity index (χ2v) is 7.22. The summed E-state index contributed by atoms with van der Waals surface area (Å²) in [6.45, 7) is 8.70. The van der Waals surface area contributed by atoms with Crippen LogP contribution in [0.15, 0.2) is 18.2 Å². The molecule has 1 atom stereocenters. The number of nitrogens with zero attached hydrogens (tertiary/aromatic N) is 1. The molecule has 0 spiro atoms. The third-order valence-electron chi connectivity index (χ3n) is 3.59. The van der Waals surface area contributed by atoms with Gasteiger partial charge in [-0.05, 0) is 52.8 Å². The highest BCUT2D eigenvalue weighted by Crippen LogP contribution is 2.20. The maximum atomic E-state index is 12.4. The molecular formula is C18H24Cl2N2O4. The van der Waals surface area contributed by atoms with Gasteiger partial charge in [0.2, 0.25) is 0 Å². The molecule has 144 valence electrons. The predicted octanol–water partition coefficient (Wildman–Crippen LogP) is 3.30. The standard InChI is InChI=1S/C18H24Cl2N2O4/c1-10(2)22(11(3)4)18(25)12(5)26-16(23)9-21-17(24)14-7-6-13(19)8-15(14)20/h6-8,10-12H,9H2,1-5H3,(H,21,24). The molecule has 0 saturated heterocycles. The number of carbonyl (C=O) groups excluding carboxylic acids is 3. The largest absolute Gasteiger partial charge is 0.451 e. The van der Waals surface area contributed by atoms with Gasteiger partial charge in [0.05, 0.1) is 10.6 Å². The van der Waals surface area contributed by atoms with Gasteiger partial charge in [-0.1, -0.05) is 23.2 Å². The average molecular weight is 403 g/mol. The summed E-state index contributed by atoms with van der Waals surface area (Å²) < 4.78 is 5.13. The first kappa shape index (κ1) is 22.3. The van der Waals surface area contributed by atoms with Crippen molar-refractivity contribution in [2.24, 2.45) is 0 Å². The molecule has 0 aliphatic carbocycles. The van der Waals surface area contributed by atoms with Crippen LogP contribution < -0.4 is 5.32 Å². The fourth-order valence-corrected chi connectivity index (χ4v) is 3.02.